The van der Waals surface area contributed by atoms with Gasteiger partial charge in [-0.3, -0.25) is 0 Å². The lowest BCUT2D eigenvalue weighted by Crippen LogP contribution is -2.28. The summed E-state index contributed by atoms with van der Waals surface area (Å²) in [6.45, 7) is -0.692. The summed E-state index contributed by atoms with van der Waals surface area (Å²) in [7, 11) is -3.99. The van der Waals surface area contributed by atoms with Gasteiger partial charge in [-0.15, -0.1) is 0 Å². The smallest absolute Gasteiger partial charge is 0.338 e. The number of esters is 1. The maximum atomic E-state index is 13.7. The van der Waals surface area contributed by atoms with Crippen molar-refractivity contribution in [3.8, 4) is 0 Å². The number of carbonyl (C=O) groups is 1. The topological polar surface area (TPSA) is 63.7 Å². The minimum atomic E-state index is -3.99. The first-order chi connectivity index (χ1) is 14.1. The van der Waals surface area contributed by atoms with Crippen molar-refractivity contribution in [2.24, 2.45) is 0 Å². The van der Waals surface area contributed by atoms with Crippen LogP contribution in [0.3, 0.4) is 0 Å². The van der Waals surface area contributed by atoms with E-state index in [1.165, 1.54) is 4.31 Å². The van der Waals surface area contributed by atoms with Gasteiger partial charge in [0.15, 0.2) is 23.3 Å². The number of ether oxygens (including phenoxy) is 1. The van der Waals surface area contributed by atoms with Crippen LogP contribution in [0.5, 0.6) is 0 Å². The van der Waals surface area contributed by atoms with Gasteiger partial charge in [-0.1, -0.05) is 11.6 Å². The van der Waals surface area contributed by atoms with Crippen LogP contribution in [-0.4, -0.2) is 31.8 Å². The SMILES string of the molecule is O=C(OCc1c(F)c(F)c(F)c(F)c1F)c1ccc(Cl)c(S(=O)(=O)N2CCCC2)c1. The Labute approximate surface area is 173 Å². The Hall–Kier alpha value is -2.24. The second kappa shape index (κ2) is 8.48. The highest BCUT2D eigenvalue weighted by Gasteiger charge is 2.30. The summed E-state index contributed by atoms with van der Waals surface area (Å²) in [5.74, 6) is -12.2. The maximum Gasteiger partial charge on any atom is 0.338 e. The molecule has 0 bridgehead atoms. The molecule has 1 aliphatic rings. The predicted molar refractivity (Wildman–Crippen MR) is 94.8 cm³/mol. The fraction of sp³-hybridized carbons (Fsp3) is 0.278. The molecule has 1 fully saturated rings. The number of hydrogen-bond acceptors (Lipinski definition) is 4. The number of rotatable bonds is 5. The van der Waals surface area contributed by atoms with Crippen molar-refractivity contribution < 1.29 is 39.9 Å². The van der Waals surface area contributed by atoms with E-state index in [4.69, 9.17) is 11.6 Å². The van der Waals surface area contributed by atoms with E-state index in [2.05, 4.69) is 4.74 Å². The van der Waals surface area contributed by atoms with Gasteiger partial charge in [-0.2, -0.15) is 4.31 Å². The summed E-state index contributed by atoms with van der Waals surface area (Å²) in [4.78, 5) is 11.8. The van der Waals surface area contributed by atoms with E-state index < -0.39 is 57.2 Å². The molecule has 0 unspecified atom stereocenters. The number of halogens is 6. The van der Waals surface area contributed by atoms with Crippen LogP contribution in [0.4, 0.5) is 22.0 Å². The first kappa shape index (κ1) is 22.4. The lowest BCUT2D eigenvalue weighted by molar-refractivity contribution is 0.0462. The van der Waals surface area contributed by atoms with Crippen molar-refractivity contribution in [1.82, 2.24) is 4.31 Å². The molecule has 0 aromatic heterocycles. The Morgan fingerprint density at radius 3 is 2.07 bits per heavy atom. The van der Waals surface area contributed by atoms with E-state index in [-0.39, 0.29) is 28.6 Å². The van der Waals surface area contributed by atoms with Gasteiger partial charge in [-0.05, 0) is 31.0 Å². The fourth-order valence-corrected chi connectivity index (χ4v) is 4.91. The van der Waals surface area contributed by atoms with E-state index in [1.54, 1.807) is 0 Å². The van der Waals surface area contributed by atoms with Crippen molar-refractivity contribution in [1.29, 1.82) is 0 Å². The summed E-state index contributed by atoms with van der Waals surface area (Å²) in [5.41, 5.74) is -1.67. The molecule has 2 aromatic carbocycles. The van der Waals surface area contributed by atoms with Gasteiger partial charge >= 0.3 is 5.97 Å². The highest BCUT2D eigenvalue weighted by Crippen LogP contribution is 2.29. The maximum absolute atomic E-state index is 13.7. The van der Waals surface area contributed by atoms with Crippen molar-refractivity contribution in [2.75, 3.05) is 13.1 Å². The van der Waals surface area contributed by atoms with Crippen LogP contribution in [0.2, 0.25) is 5.02 Å². The van der Waals surface area contributed by atoms with Crippen LogP contribution in [0, 0.1) is 29.1 Å². The molecule has 0 atom stereocenters. The number of sulfonamides is 1. The second-order valence-electron chi connectivity index (χ2n) is 6.38. The first-order valence-electron chi connectivity index (χ1n) is 8.52. The third-order valence-corrected chi connectivity index (χ3v) is 6.88. The molecule has 5 nitrogen and oxygen atoms in total. The molecule has 0 amide bonds. The van der Waals surface area contributed by atoms with E-state index >= 15 is 0 Å². The molecule has 0 saturated carbocycles. The quantitative estimate of drug-likeness (QED) is 0.285. The highest BCUT2D eigenvalue weighted by atomic mass is 35.5. The Morgan fingerprint density at radius 1 is 0.967 bits per heavy atom. The van der Waals surface area contributed by atoms with Crippen molar-refractivity contribution in [2.45, 2.75) is 24.3 Å². The minimum Gasteiger partial charge on any atom is -0.457 e. The number of carbonyl (C=O) groups excluding carboxylic acids is 1. The summed E-state index contributed by atoms with van der Waals surface area (Å²) in [6, 6.07) is 3.16. The number of benzene rings is 2. The average molecular weight is 470 g/mol. The third-order valence-electron chi connectivity index (χ3n) is 4.50. The van der Waals surface area contributed by atoms with Crippen LogP contribution in [-0.2, 0) is 21.4 Å². The molecule has 3 rings (SSSR count). The molecule has 1 saturated heterocycles. The zero-order chi connectivity index (χ0) is 22.2. The standard InChI is InChI=1S/C18H13ClF5NO4S/c19-11-4-3-9(7-12(11)30(27,28)25-5-1-2-6-25)18(26)29-8-10-13(20)15(22)17(24)16(23)14(10)21/h3-4,7H,1-2,5-6,8H2. The summed E-state index contributed by atoms with van der Waals surface area (Å²) in [6.07, 6.45) is 1.33. The average Bonchev–Trinajstić information content (AvgIpc) is 3.26. The Kier molecular flexibility index (Phi) is 6.34. The van der Waals surface area contributed by atoms with Gasteiger partial charge in [0.05, 0.1) is 16.1 Å². The summed E-state index contributed by atoms with van der Waals surface area (Å²) >= 11 is 5.95. The molecule has 1 heterocycles. The molecule has 0 spiro atoms. The van der Waals surface area contributed by atoms with Crippen LogP contribution < -0.4 is 0 Å². The molecule has 30 heavy (non-hydrogen) atoms. The van der Waals surface area contributed by atoms with Crippen molar-refractivity contribution in [3.05, 3.63) is 63.4 Å². The fourth-order valence-electron chi connectivity index (χ4n) is 2.89. The normalized spacial score (nSPS) is 14.9. The van der Waals surface area contributed by atoms with Gasteiger partial charge in [0, 0.05) is 13.1 Å². The van der Waals surface area contributed by atoms with Gasteiger partial charge in [-0.25, -0.2) is 35.2 Å². The van der Waals surface area contributed by atoms with Gasteiger partial charge in [0.1, 0.15) is 11.5 Å². The monoisotopic (exact) mass is 469 g/mol. The van der Waals surface area contributed by atoms with Crippen LogP contribution in [0.25, 0.3) is 0 Å². The number of hydrogen-bond donors (Lipinski definition) is 0. The third kappa shape index (κ3) is 4.01. The van der Waals surface area contributed by atoms with Crippen LogP contribution in [0.15, 0.2) is 23.1 Å². The molecular weight excluding hydrogens is 457 g/mol. The van der Waals surface area contributed by atoms with Crippen molar-refractivity contribution >= 4 is 27.6 Å². The van der Waals surface area contributed by atoms with E-state index in [0.717, 1.165) is 18.2 Å². The largest absolute Gasteiger partial charge is 0.457 e. The zero-order valence-corrected chi connectivity index (χ0v) is 16.6. The van der Waals surface area contributed by atoms with Gasteiger partial charge < -0.3 is 4.74 Å². The van der Waals surface area contributed by atoms with Crippen LogP contribution >= 0.6 is 11.6 Å². The van der Waals surface area contributed by atoms with E-state index in [9.17, 15) is 35.2 Å². The molecule has 2 aromatic rings. The Bertz CT molecular complexity index is 1090. The predicted octanol–water partition coefficient (Wildman–Crippen LogP) is 4.18. The molecule has 0 radical (unpaired) electrons. The Balaban J connectivity index is 1.86. The van der Waals surface area contributed by atoms with E-state index in [1.807, 2.05) is 0 Å². The van der Waals surface area contributed by atoms with Gasteiger partial charge in [0.25, 0.3) is 0 Å². The highest BCUT2D eigenvalue weighted by molar-refractivity contribution is 7.89. The molecule has 162 valence electrons. The molecular formula is C18H13ClF5NO4S. The Morgan fingerprint density at radius 2 is 1.50 bits per heavy atom. The lowest BCUT2D eigenvalue weighted by atomic mass is 10.1. The van der Waals surface area contributed by atoms with Gasteiger partial charge in [0.2, 0.25) is 15.8 Å². The molecule has 1 aliphatic heterocycles. The summed E-state index contributed by atoms with van der Waals surface area (Å²) < 4.78 is 98.1. The lowest BCUT2D eigenvalue weighted by Gasteiger charge is -2.17. The number of nitrogens with zero attached hydrogens (tertiary/aromatic N) is 1. The molecule has 12 heteroatoms. The second-order valence-corrected chi connectivity index (χ2v) is 8.69. The molecule has 0 aliphatic carbocycles. The van der Waals surface area contributed by atoms with E-state index in [0.29, 0.717) is 12.8 Å². The zero-order valence-electron chi connectivity index (χ0n) is 15.0. The first-order valence-corrected chi connectivity index (χ1v) is 10.3. The molecule has 0 N–H and O–H groups in total. The van der Waals surface area contributed by atoms with Crippen LogP contribution in [0.1, 0.15) is 28.8 Å². The minimum absolute atomic E-state index is 0.154. The summed E-state index contributed by atoms with van der Waals surface area (Å²) in [5, 5.41) is -0.154. The van der Waals surface area contributed by atoms with Crippen molar-refractivity contribution in [3.63, 3.8) is 0 Å².